The van der Waals surface area contributed by atoms with Crippen LogP contribution in [0.1, 0.15) is 26.7 Å². The standard InChI is InChI=1S/C9H17NOS/c1-6(2)8-5-7(9(10)12)3-4-11-8/h6-8H,3-5H2,1-2H3,(H2,10,12). The summed E-state index contributed by atoms with van der Waals surface area (Å²) >= 11 is 4.98. The van der Waals surface area contributed by atoms with Crippen LogP contribution in [0.4, 0.5) is 0 Å². The van der Waals surface area contributed by atoms with E-state index >= 15 is 0 Å². The first-order chi connectivity index (χ1) is 5.61. The van der Waals surface area contributed by atoms with Gasteiger partial charge < -0.3 is 10.5 Å². The Hall–Kier alpha value is -0.150. The molecule has 0 spiro atoms. The zero-order valence-electron chi connectivity index (χ0n) is 7.75. The third-order valence-electron chi connectivity index (χ3n) is 2.46. The maximum absolute atomic E-state index is 5.61. The van der Waals surface area contributed by atoms with Crippen LogP contribution < -0.4 is 5.73 Å². The Balaban J connectivity index is 2.46. The van der Waals surface area contributed by atoms with Crippen molar-refractivity contribution in [1.82, 2.24) is 0 Å². The molecule has 0 aromatic carbocycles. The normalized spacial score (nSPS) is 30.6. The molecule has 2 N–H and O–H groups in total. The zero-order valence-corrected chi connectivity index (χ0v) is 8.56. The predicted molar refractivity (Wildman–Crippen MR) is 54.1 cm³/mol. The topological polar surface area (TPSA) is 35.2 Å². The van der Waals surface area contributed by atoms with E-state index in [1.165, 1.54) is 0 Å². The number of rotatable bonds is 2. The summed E-state index contributed by atoms with van der Waals surface area (Å²) in [4.78, 5) is 0.656. The molecule has 1 aliphatic heterocycles. The fraction of sp³-hybridized carbons (Fsp3) is 0.889. The van der Waals surface area contributed by atoms with Gasteiger partial charge in [0.05, 0.1) is 11.1 Å². The molecular formula is C9H17NOS. The third-order valence-corrected chi connectivity index (χ3v) is 2.79. The summed E-state index contributed by atoms with van der Waals surface area (Å²) in [7, 11) is 0. The monoisotopic (exact) mass is 187 g/mol. The fourth-order valence-corrected chi connectivity index (χ4v) is 1.77. The molecular weight excluding hydrogens is 170 g/mol. The summed E-state index contributed by atoms with van der Waals surface area (Å²) in [6, 6.07) is 0. The zero-order chi connectivity index (χ0) is 9.14. The van der Waals surface area contributed by atoms with Crippen molar-refractivity contribution < 1.29 is 4.74 Å². The van der Waals surface area contributed by atoms with Crippen molar-refractivity contribution in [3.05, 3.63) is 0 Å². The first-order valence-corrected chi connectivity index (χ1v) is 4.93. The molecule has 0 radical (unpaired) electrons. The lowest BCUT2D eigenvalue weighted by Gasteiger charge is -2.31. The second-order valence-electron chi connectivity index (χ2n) is 3.78. The molecule has 0 bridgehead atoms. The number of hydrogen-bond acceptors (Lipinski definition) is 2. The lowest BCUT2D eigenvalue weighted by Crippen LogP contribution is -2.35. The van der Waals surface area contributed by atoms with Gasteiger partial charge in [-0.05, 0) is 18.8 Å². The predicted octanol–water partition coefficient (Wildman–Crippen LogP) is 1.72. The Morgan fingerprint density at radius 2 is 2.25 bits per heavy atom. The van der Waals surface area contributed by atoms with Crippen LogP contribution in [-0.4, -0.2) is 17.7 Å². The Morgan fingerprint density at radius 1 is 1.58 bits per heavy atom. The second kappa shape index (κ2) is 4.19. The first-order valence-electron chi connectivity index (χ1n) is 4.52. The molecule has 2 unspecified atom stereocenters. The Kier molecular flexibility index (Phi) is 3.47. The molecule has 70 valence electrons. The molecule has 0 aliphatic carbocycles. The van der Waals surface area contributed by atoms with Crippen molar-refractivity contribution in [1.29, 1.82) is 0 Å². The summed E-state index contributed by atoms with van der Waals surface area (Å²) in [5.74, 6) is 0.975. The fourth-order valence-electron chi connectivity index (χ4n) is 1.55. The van der Waals surface area contributed by atoms with Gasteiger partial charge in [-0.1, -0.05) is 26.1 Å². The van der Waals surface area contributed by atoms with E-state index < -0.39 is 0 Å². The second-order valence-corrected chi connectivity index (χ2v) is 4.25. The summed E-state index contributed by atoms with van der Waals surface area (Å²) < 4.78 is 5.60. The van der Waals surface area contributed by atoms with Crippen molar-refractivity contribution in [2.45, 2.75) is 32.8 Å². The number of thiocarbonyl (C=S) groups is 1. The van der Waals surface area contributed by atoms with Crippen molar-refractivity contribution in [3.8, 4) is 0 Å². The molecule has 0 saturated carbocycles. The largest absolute Gasteiger partial charge is 0.393 e. The van der Waals surface area contributed by atoms with Crippen LogP contribution in [0.2, 0.25) is 0 Å². The van der Waals surface area contributed by atoms with Gasteiger partial charge in [-0.3, -0.25) is 0 Å². The maximum atomic E-state index is 5.61. The van der Waals surface area contributed by atoms with E-state index in [1.807, 2.05) is 0 Å². The molecule has 1 rings (SSSR count). The first kappa shape index (κ1) is 9.93. The van der Waals surface area contributed by atoms with Gasteiger partial charge in [0.25, 0.3) is 0 Å². The summed E-state index contributed by atoms with van der Waals surface area (Å²) in [6.45, 7) is 5.16. The molecule has 1 saturated heterocycles. The smallest absolute Gasteiger partial charge is 0.0760 e. The van der Waals surface area contributed by atoms with Gasteiger partial charge in [0.15, 0.2) is 0 Å². The molecule has 0 aromatic rings. The van der Waals surface area contributed by atoms with E-state index in [1.54, 1.807) is 0 Å². The molecule has 12 heavy (non-hydrogen) atoms. The van der Waals surface area contributed by atoms with Crippen LogP contribution in [0.15, 0.2) is 0 Å². The van der Waals surface area contributed by atoms with Crippen molar-refractivity contribution in [3.63, 3.8) is 0 Å². The quantitative estimate of drug-likeness (QED) is 0.669. The van der Waals surface area contributed by atoms with Crippen LogP contribution in [0.5, 0.6) is 0 Å². The molecule has 3 heteroatoms. The minimum absolute atomic E-state index is 0.352. The number of hydrogen-bond donors (Lipinski definition) is 1. The molecule has 0 amide bonds. The molecule has 2 nitrogen and oxygen atoms in total. The van der Waals surface area contributed by atoms with Gasteiger partial charge in [0.1, 0.15) is 0 Å². The van der Waals surface area contributed by atoms with E-state index in [2.05, 4.69) is 13.8 Å². The highest BCUT2D eigenvalue weighted by atomic mass is 32.1. The van der Waals surface area contributed by atoms with Gasteiger partial charge in [-0.15, -0.1) is 0 Å². The summed E-state index contributed by atoms with van der Waals surface area (Å²) in [5, 5.41) is 0. The minimum Gasteiger partial charge on any atom is -0.393 e. The molecule has 2 atom stereocenters. The lowest BCUT2D eigenvalue weighted by atomic mass is 9.90. The van der Waals surface area contributed by atoms with Crippen molar-refractivity contribution in [2.24, 2.45) is 17.6 Å². The Morgan fingerprint density at radius 3 is 2.75 bits per heavy atom. The van der Waals surface area contributed by atoms with Crippen LogP contribution in [0.25, 0.3) is 0 Å². The van der Waals surface area contributed by atoms with E-state index in [9.17, 15) is 0 Å². The van der Waals surface area contributed by atoms with Gasteiger partial charge >= 0.3 is 0 Å². The van der Waals surface area contributed by atoms with Crippen LogP contribution >= 0.6 is 12.2 Å². The van der Waals surface area contributed by atoms with E-state index in [0.717, 1.165) is 19.4 Å². The van der Waals surface area contributed by atoms with Crippen LogP contribution in [0, 0.1) is 11.8 Å². The molecule has 1 heterocycles. The van der Waals surface area contributed by atoms with Gasteiger partial charge in [-0.2, -0.15) is 0 Å². The summed E-state index contributed by atoms with van der Waals surface area (Å²) in [6.07, 6.45) is 2.36. The molecule has 1 fully saturated rings. The van der Waals surface area contributed by atoms with Crippen LogP contribution in [0.3, 0.4) is 0 Å². The Labute approximate surface area is 79.5 Å². The third kappa shape index (κ3) is 2.42. The highest BCUT2D eigenvalue weighted by Gasteiger charge is 2.26. The SMILES string of the molecule is CC(C)C1CC(C(N)=S)CCO1. The average Bonchev–Trinajstić information content (AvgIpc) is 2.04. The van der Waals surface area contributed by atoms with Crippen molar-refractivity contribution in [2.75, 3.05) is 6.61 Å². The van der Waals surface area contributed by atoms with Gasteiger partial charge in [0.2, 0.25) is 0 Å². The maximum Gasteiger partial charge on any atom is 0.0760 e. The van der Waals surface area contributed by atoms with Crippen LogP contribution in [-0.2, 0) is 4.74 Å². The molecule has 0 aromatic heterocycles. The van der Waals surface area contributed by atoms with E-state index in [4.69, 9.17) is 22.7 Å². The summed E-state index contributed by atoms with van der Waals surface area (Å²) in [5.41, 5.74) is 5.61. The van der Waals surface area contributed by atoms with Gasteiger partial charge in [-0.25, -0.2) is 0 Å². The van der Waals surface area contributed by atoms with E-state index in [-0.39, 0.29) is 0 Å². The number of ether oxygens (including phenoxy) is 1. The molecule has 1 aliphatic rings. The van der Waals surface area contributed by atoms with Gasteiger partial charge in [0, 0.05) is 12.5 Å². The van der Waals surface area contributed by atoms with E-state index in [0.29, 0.717) is 22.9 Å². The Bertz CT molecular complexity index is 170. The minimum atomic E-state index is 0.352. The highest BCUT2D eigenvalue weighted by molar-refractivity contribution is 7.80. The lowest BCUT2D eigenvalue weighted by molar-refractivity contribution is -0.0221. The highest BCUT2D eigenvalue weighted by Crippen LogP contribution is 2.24. The number of nitrogens with two attached hydrogens (primary N) is 1. The average molecular weight is 187 g/mol. The van der Waals surface area contributed by atoms with Crippen molar-refractivity contribution >= 4 is 17.2 Å².